The normalized spacial score (nSPS) is 13.2. The highest BCUT2D eigenvalue weighted by atomic mass is 19.1. The van der Waals surface area contributed by atoms with Crippen molar-refractivity contribution in [2.75, 3.05) is 43.6 Å². The summed E-state index contributed by atoms with van der Waals surface area (Å²) in [6.45, 7) is 4.47. The molecule has 9 nitrogen and oxygen atoms in total. The van der Waals surface area contributed by atoms with Crippen molar-refractivity contribution in [3.05, 3.63) is 78.1 Å². The summed E-state index contributed by atoms with van der Waals surface area (Å²) in [5.41, 5.74) is 1.35. The molecule has 0 spiro atoms. The number of carbonyl (C=O) groups excluding carboxylic acids is 1. The van der Waals surface area contributed by atoms with Crippen LogP contribution in [-0.2, 0) is 4.74 Å². The number of aryl methyl sites for hydroxylation is 1. The molecule has 1 saturated heterocycles. The van der Waals surface area contributed by atoms with Crippen LogP contribution < -0.4 is 19.7 Å². The first-order chi connectivity index (χ1) is 19.0. The Morgan fingerprint density at radius 1 is 1.02 bits per heavy atom. The number of anilines is 2. The van der Waals surface area contributed by atoms with Gasteiger partial charge in [-0.15, -0.1) is 0 Å². The Morgan fingerprint density at radius 3 is 2.58 bits per heavy atom. The van der Waals surface area contributed by atoms with E-state index >= 15 is 4.39 Å². The number of nitrogens with one attached hydrogen (secondary N) is 1. The van der Waals surface area contributed by atoms with Crippen molar-refractivity contribution in [3.8, 4) is 17.2 Å². The Balaban J connectivity index is 0.00000323. The Bertz CT molecular complexity index is 1680. The lowest BCUT2D eigenvalue weighted by Crippen LogP contribution is -2.36. The summed E-state index contributed by atoms with van der Waals surface area (Å²) in [5, 5.41) is 3.88. The second kappa shape index (κ2) is 11.2. The summed E-state index contributed by atoms with van der Waals surface area (Å²) in [4.78, 5) is 24.1. The number of hydrogen-bond donors (Lipinski definition) is 1. The van der Waals surface area contributed by atoms with Crippen molar-refractivity contribution in [2.45, 2.75) is 14.4 Å². The van der Waals surface area contributed by atoms with Crippen molar-refractivity contribution in [3.63, 3.8) is 0 Å². The molecule has 0 radical (unpaired) electrons. The number of hydrogen-bond acceptors (Lipinski definition) is 8. The van der Waals surface area contributed by atoms with E-state index in [1.54, 1.807) is 62.8 Å². The third-order valence-electron chi connectivity index (χ3n) is 6.64. The summed E-state index contributed by atoms with van der Waals surface area (Å²) < 4.78 is 37.8. The van der Waals surface area contributed by atoms with Crippen molar-refractivity contribution >= 4 is 39.3 Å². The Kier molecular flexibility index (Phi) is 7.52. The quantitative estimate of drug-likeness (QED) is 0.264. The zero-order valence-electron chi connectivity index (χ0n) is 21.4. The zero-order chi connectivity index (χ0) is 26.9. The molecule has 0 aliphatic carbocycles. The molecule has 1 aliphatic heterocycles. The first kappa shape index (κ1) is 26.9. The standard InChI is InChI=1S/C29H25FN4O5.CH4/c1-17-26(29(35)33-18-3-8-25(32-16-18)34-11-13-37-14-12-34)21-6-7-24(27(30)28(21)38-17)39-23-9-10-31-22-15-19(36-2)4-5-20(22)23;/h3-10,15-16H,11-14H2,1-2H3,(H,33,35);1H4. The van der Waals surface area contributed by atoms with E-state index in [9.17, 15) is 4.79 Å². The minimum atomic E-state index is -0.704. The average Bonchev–Trinajstić information content (AvgIpc) is 3.32. The van der Waals surface area contributed by atoms with Crippen LogP contribution in [0.1, 0.15) is 23.5 Å². The van der Waals surface area contributed by atoms with Crippen LogP contribution in [-0.4, -0.2) is 49.3 Å². The number of nitrogens with zero attached hydrogens (tertiary/aromatic N) is 3. The number of morpholine rings is 1. The molecule has 0 atom stereocenters. The number of methoxy groups -OCH3 is 1. The molecule has 1 aliphatic rings. The van der Waals surface area contributed by atoms with Gasteiger partial charge in [0.15, 0.2) is 11.3 Å². The maximum Gasteiger partial charge on any atom is 0.259 e. The fraction of sp³-hybridized carbons (Fsp3) is 0.233. The number of amides is 1. The van der Waals surface area contributed by atoms with E-state index in [1.165, 1.54) is 6.07 Å². The van der Waals surface area contributed by atoms with Crippen LogP contribution in [0.5, 0.6) is 17.2 Å². The fourth-order valence-electron chi connectivity index (χ4n) is 4.66. The van der Waals surface area contributed by atoms with Crippen LogP contribution in [0.3, 0.4) is 0 Å². The van der Waals surface area contributed by atoms with E-state index < -0.39 is 11.7 Å². The lowest BCUT2D eigenvalue weighted by atomic mass is 10.1. The molecular formula is C30H29FN4O5. The van der Waals surface area contributed by atoms with E-state index in [1.807, 2.05) is 6.07 Å². The molecule has 0 bridgehead atoms. The predicted octanol–water partition coefficient (Wildman–Crippen LogP) is 6.35. The largest absolute Gasteiger partial charge is 0.497 e. The smallest absolute Gasteiger partial charge is 0.259 e. The van der Waals surface area contributed by atoms with Gasteiger partial charge in [-0.2, -0.15) is 4.39 Å². The first-order valence-electron chi connectivity index (χ1n) is 12.4. The molecule has 2 aromatic carbocycles. The van der Waals surface area contributed by atoms with Crippen molar-refractivity contribution in [1.29, 1.82) is 0 Å². The van der Waals surface area contributed by atoms with Gasteiger partial charge in [-0.3, -0.25) is 9.78 Å². The van der Waals surface area contributed by atoms with Crippen LogP contribution in [0.15, 0.2) is 65.3 Å². The van der Waals surface area contributed by atoms with Gasteiger partial charge in [-0.1, -0.05) is 7.43 Å². The van der Waals surface area contributed by atoms with Gasteiger partial charge in [0.05, 0.1) is 43.3 Å². The molecule has 1 N–H and O–H groups in total. The predicted molar refractivity (Wildman–Crippen MR) is 151 cm³/mol. The minimum Gasteiger partial charge on any atom is -0.497 e. The molecule has 1 amide bonds. The van der Waals surface area contributed by atoms with Crippen LogP contribution in [0, 0.1) is 12.7 Å². The second-order valence-corrected chi connectivity index (χ2v) is 9.04. The molecule has 4 heterocycles. The first-order valence-corrected chi connectivity index (χ1v) is 12.4. The number of rotatable bonds is 6. The van der Waals surface area contributed by atoms with Crippen LogP contribution >= 0.6 is 0 Å². The van der Waals surface area contributed by atoms with Crippen LogP contribution in [0.2, 0.25) is 0 Å². The molecule has 10 heteroatoms. The third-order valence-corrected chi connectivity index (χ3v) is 6.64. The van der Waals surface area contributed by atoms with Gasteiger partial charge in [0.2, 0.25) is 5.82 Å². The molecule has 40 heavy (non-hydrogen) atoms. The van der Waals surface area contributed by atoms with Gasteiger partial charge in [0.25, 0.3) is 5.91 Å². The maximum atomic E-state index is 15.6. The summed E-state index contributed by atoms with van der Waals surface area (Å²) in [6.07, 6.45) is 3.18. The van der Waals surface area contributed by atoms with Crippen molar-refractivity contribution in [2.24, 2.45) is 0 Å². The molecule has 1 fully saturated rings. The Labute approximate surface area is 230 Å². The zero-order valence-corrected chi connectivity index (χ0v) is 21.4. The molecular weight excluding hydrogens is 515 g/mol. The number of ether oxygens (including phenoxy) is 3. The molecule has 206 valence electrons. The van der Waals surface area contributed by atoms with E-state index in [2.05, 4.69) is 20.2 Å². The topological polar surface area (TPSA) is 99.0 Å². The number of fused-ring (bicyclic) bond motifs is 2. The number of pyridine rings is 2. The highest BCUT2D eigenvalue weighted by Gasteiger charge is 2.23. The minimum absolute atomic E-state index is 0. The number of aromatic nitrogens is 2. The third kappa shape index (κ3) is 5.01. The average molecular weight is 545 g/mol. The summed E-state index contributed by atoms with van der Waals surface area (Å²) in [7, 11) is 1.57. The Morgan fingerprint density at radius 2 is 1.82 bits per heavy atom. The van der Waals surface area contributed by atoms with Crippen LogP contribution in [0.25, 0.3) is 21.9 Å². The Hall–Kier alpha value is -4.70. The number of carbonyl (C=O) groups is 1. The summed E-state index contributed by atoms with van der Waals surface area (Å²) in [6, 6.07) is 13.7. The summed E-state index contributed by atoms with van der Waals surface area (Å²) in [5.74, 6) is 1.03. The molecule has 5 aromatic rings. The number of halogens is 1. The van der Waals surface area contributed by atoms with Gasteiger partial charge in [-0.25, -0.2) is 4.98 Å². The van der Waals surface area contributed by atoms with Gasteiger partial charge in [0, 0.05) is 36.1 Å². The van der Waals surface area contributed by atoms with E-state index in [4.69, 9.17) is 18.6 Å². The van der Waals surface area contributed by atoms with Crippen molar-refractivity contribution < 1.29 is 27.8 Å². The lowest BCUT2D eigenvalue weighted by Gasteiger charge is -2.27. The molecule has 0 unspecified atom stereocenters. The molecule has 0 saturated carbocycles. The van der Waals surface area contributed by atoms with Gasteiger partial charge in [0.1, 0.15) is 23.1 Å². The van der Waals surface area contributed by atoms with Gasteiger partial charge < -0.3 is 28.8 Å². The maximum absolute atomic E-state index is 15.6. The lowest BCUT2D eigenvalue weighted by molar-refractivity contribution is 0.102. The number of furan rings is 1. The van der Waals surface area contributed by atoms with E-state index in [0.29, 0.717) is 46.7 Å². The fourth-order valence-corrected chi connectivity index (χ4v) is 4.66. The van der Waals surface area contributed by atoms with E-state index in [-0.39, 0.29) is 30.1 Å². The SMILES string of the molecule is C.COc1ccc2c(Oc3ccc4c(C(=O)Nc5ccc(N6CCOCC6)nc5)c(C)oc4c3F)ccnc2c1. The summed E-state index contributed by atoms with van der Waals surface area (Å²) >= 11 is 0. The van der Waals surface area contributed by atoms with Gasteiger partial charge >= 0.3 is 0 Å². The van der Waals surface area contributed by atoms with E-state index in [0.717, 1.165) is 18.9 Å². The number of benzene rings is 2. The highest BCUT2D eigenvalue weighted by molar-refractivity contribution is 6.13. The molecule has 6 rings (SSSR count). The van der Waals surface area contributed by atoms with Crippen molar-refractivity contribution in [1.82, 2.24) is 9.97 Å². The monoisotopic (exact) mass is 544 g/mol. The van der Waals surface area contributed by atoms with Gasteiger partial charge in [-0.05, 0) is 49.4 Å². The van der Waals surface area contributed by atoms with Crippen LogP contribution in [0.4, 0.5) is 15.9 Å². The molecule has 3 aromatic heterocycles. The highest BCUT2D eigenvalue weighted by Crippen LogP contribution is 2.37. The second-order valence-electron chi connectivity index (χ2n) is 9.04.